The lowest BCUT2D eigenvalue weighted by Gasteiger charge is -2.37. The van der Waals surface area contributed by atoms with Crippen molar-refractivity contribution in [2.45, 2.75) is 57.9 Å². The summed E-state index contributed by atoms with van der Waals surface area (Å²) in [6.07, 6.45) is 5.87. The normalized spacial score (nSPS) is 24.0. The number of halogens is 2. The Morgan fingerprint density at radius 1 is 1.50 bits per heavy atom. The van der Waals surface area contributed by atoms with Crippen LogP contribution in [0.2, 0.25) is 0 Å². The zero-order valence-electron chi connectivity index (χ0n) is 13.3. The second kappa shape index (κ2) is 9.71. The minimum Gasteiger partial charge on any atom is -0.355 e. The van der Waals surface area contributed by atoms with Gasteiger partial charge in [-0.1, -0.05) is 19.8 Å². The Kier molecular flexibility index (Phi) is 9.55. The van der Waals surface area contributed by atoms with Gasteiger partial charge in [0.25, 0.3) is 0 Å². The highest BCUT2D eigenvalue weighted by molar-refractivity contribution is 7.09. The molecule has 7 heteroatoms. The van der Waals surface area contributed by atoms with Crippen LogP contribution in [0.5, 0.6) is 0 Å². The van der Waals surface area contributed by atoms with Crippen LogP contribution in [0.1, 0.15) is 50.2 Å². The zero-order valence-corrected chi connectivity index (χ0v) is 15.7. The molecule has 1 aromatic heterocycles. The number of aromatic nitrogens is 1. The van der Waals surface area contributed by atoms with E-state index in [0.717, 1.165) is 49.2 Å². The average molecular weight is 368 g/mol. The second-order valence-electron chi connectivity index (χ2n) is 5.93. The molecule has 1 heterocycles. The highest BCUT2D eigenvalue weighted by atomic mass is 35.5. The van der Waals surface area contributed by atoms with Crippen molar-refractivity contribution in [3.05, 3.63) is 16.1 Å². The number of amides is 1. The Bertz CT molecular complexity index is 465. The second-order valence-corrected chi connectivity index (χ2v) is 6.87. The number of hydrogen-bond donors (Lipinski definition) is 2. The fourth-order valence-corrected chi connectivity index (χ4v) is 3.63. The summed E-state index contributed by atoms with van der Waals surface area (Å²) in [7, 11) is 0. The van der Waals surface area contributed by atoms with Gasteiger partial charge in [0.15, 0.2) is 0 Å². The van der Waals surface area contributed by atoms with Gasteiger partial charge in [0.2, 0.25) is 5.91 Å². The number of nitrogens with two attached hydrogens (primary N) is 1. The van der Waals surface area contributed by atoms with Crippen LogP contribution in [0.3, 0.4) is 0 Å². The molecule has 3 N–H and O–H groups in total. The molecule has 22 heavy (non-hydrogen) atoms. The largest absolute Gasteiger partial charge is 0.355 e. The third-order valence-corrected chi connectivity index (χ3v) is 5.19. The summed E-state index contributed by atoms with van der Waals surface area (Å²) in [5.41, 5.74) is 6.98. The monoisotopic (exact) mass is 367 g/mol. The Labute approximate surface area is 149 Å². The van der Waals surface area contributed by atoms with Crippen molar-refractivity contribution in [2.24, 2.45) is 11.7 Å². The summed E-state index contributed by atoms with van der Waals surface area (Å²) in [6.45, 7) is 4.76. The first-order chi connectivity index (χ1) is 9.53. The molecule has 2 atom stereocenters. The van der Waals surface area contributed by atoms with Gasteiger partial charge in [-0.25, -0.2) is 4.98 Å². The molecule has 2 unspecified atom stereocenters. The van der Waals surface area contributed by atoms with E-state index in [4.69, 9.17) is 5.73 Å². The van der Waals surface area contributed by atoms with Crippen molar-refractivity contribution in [3.63, 3.8) is 0 Å². The van der Waals surface area contributed by atoms with E-state index >= 15 is 0 Å². The number of rotatable bonds is 5. The van der Waals surface area contributed by atoms with Crippen molar-refractivity contribution < 1.29 is 4.79 Å². The van der Waals surface area contributed by atoms with Crippen molar-refractivity contribution >= 4 is 42.1 Å². The van der Waals surface area contributed by atoms with Gasteiger partial charge in [-0.15, -0.1) is 36.2 Å². The lowest BCUT2D eigenvalue weighted by atomic mass is 9.74. The summed E-state index contributed by atoms with van der Waals surface area (Å²) in [5, 5.41) is 6.27. The first kappa shape index (κ1) is 21.6. The van der Waals surface area contributed by atoms with E-state index in [0.29, 0.717) is 6.54 Å². The maximum Gasteiger partial charge on any atom is 0.224 e. The molecule has 0 spiro atoms. The molecule has 1 fully saturated rings. The predicted molar refractivity (Wildman–Crippen MR) is 97.3 cm³/mol. The molecule has 1 saturated carbocycles. The van der Waals surface area contributed by atoms with Crippen LogP contribution in [-0.4, -0.2) is 23.0 Å². The SMILES string of the molecule is CCc1nc(CCNC(=O)C2CCCCC2(C)N)cs1.Cl.Cl. The first-order valence-corrected chi connectivity index (χ1v) is 8.41. The number of nitrogens with zero attached hydrogens (tertiary/aromatic N) is 1. The van der Waals surface area contributed by atoms with Gasteiger partial charge in [0, 0.05) is 23.9 Å². The molecule has 4 nitrogen and oxygen atoms in total. The smallest absolute Gasteiger partial charge is 0.224 e. The molecule has 0 aliphatic heterocycles. The van der Waals surface area contributed by atoms with Gasteiger partial charge < -0.3 is 11.1 Å². The average Bonchev–Trinajstić information content (AvgIpc) is 2.86. The van der Waals surface area contributed by atoms with E-state index in [1.165, 1.54) is 0 Å². The summed E-state index contributed by atoms with van der Waals surface area (Å²) < 4.78 is 0. The summed E-state index contributed by atoms with van der Waals surface area (Å²) in [6, 6.07) is 0. The minimum atomic E-state index is -0.349. The van der Waals surface area contributed by atoms with E-state index < -0.39 is 0 Å². The number of hydrogen-bond acceptors (Lipinski definition) is 4. The van der Waals surface area contributed by atoms with Crippen LogP contribution in [0, 0.1) is 5.92 Å². The molecule has 0 bridgehead atoms. The molecule has 128 valence electrons. The lowest BCUT2D eigenvalue weighted by Crippen LogP contribution is -2.53. The summed E-state index contributed by atoms with van der Waals surface area (Å²) in [5.74, 6) is 0.0681. The number of carbonyl (C=O) groups excluding carboxylic acids is 1. The van der Waals surface area contributed by atoms with Crippen LogP contribution in [0.25, 0.3) is 0 Å². The molecule has 0 saturated heterocycles. The van der Waals surface area contributed by atoms with Crippen molar-refractivity contribution in [2.75, 3.05) is 6.54 Å². The quantitative estimate of drug-likeness (QED) is 0.839. The molecule has 1 aliphatic carbocycles. The molecule has 1 amide bonds. The Morgan fingerprint density at radius 3 is 2.82 bits per heavy atom. The van der Waals surface area contributed by atoms with E-state index in [9.17, 15) is 4.79 Å². The van der Waals surface area contributed by atoms with Gasteiger partial charge in [-0.05, 0) is 26.2 Å². The van der Waals surface area contributed by atoms with Crippen LogP contribution in [-0.2, 0) is 17.6 Å². The summed E-state index contributed by atoms with van der Waals surface area (Å²) >= 11 is 1.69. The van der Waals surface area contributed by atoms with Crippen molar-refractivity contribution in [1.29, 1.82) is 0 Å². The van der Waals surface area contributed by atoms with Gasteiger partial charge in [0.05, 0.1) is 16.6 Å². The van der Waals surface area contributed by atoms with Crippen molar-refractivity contribution in [1.82, 2.24) is 10.3 Å². The van der Waals surface area contributed by atoms with Crippen molar-refractivity contribution in [3.8, 4) is 0 Å². The van der Waals surface area contributed by atoms with Gasteiger partial charge in [0.1, 0.15) is 0 Å². The van der Waals surface area contributed by atoms with E-state index in [1.807, 2.05) is 6.92 Å². The van der Waals surface area contributed by atoms with Crippen LogP contribution in [0.15, 0.2) is 5.38 Å². The first-order valence-electron chi connectivity index (χ1n) is 7.53. The minimum absolute atomic E-state index is 0. The number of aryl methyl sites for hydroxylation is 1. The molecule has 1 aromatic rings. The zero-order chi connectivity index (χ0) is 14.6. The Balaban J connectivity index is 0.00000220. The Morgan fingerprint density at radius 2 is 2.23 bits per heavy atom. The topological polar surface area (TPSA) is 68.0 Å². The maximum absolute atomic E-state index is 12.3. The molecule has 0 aromatic carbocycles. The van der Waals surface area contributed by atoms with Gasteiger partial charge >= 0.3 is 0 Å². The molecule has 0 radical (unpaired) electrons. The Hall–Kier alpha value is -0.360. The van der Waals surface area contributed by atoms with Crippen LogP contribution < -0.4 is 11.1 Å². The molecule has 2 rings (SSSR count). The third-order valence-electron chi connectivity index (χ3n) is 4.15. The fraction of sp³-hybridized carbons (Fsp3) is 0.733. The lowest BCUT2D eigenvalue weighted by molar-refractivity contribution is -0.128. The number of nitrogens with one attached hydrogen (secondary N) is 1. The molecular formula is C15H27Cl2N3OS. The standard InChI is InChI=1S/C15H25N3OS.2ClH/c1-3-13-18-11(10-20-13)7-9-17-14(19)12-6-4-5-8-15(12,2)16;;/h10,12H,3-9,16H2,1-2H3,(H,17,19);2*1H. The van der Waals surface area contributed by atoms with E-state index in [2.05, 4.69) is 22.6 Å². The van der Waals surface area contributed by atoms with Crippen LogP contribution >= 0.6 is 36.2 Å². The highest BCUT2D eigenvalue weighted by Gasteiger charge is 2.37. The maximum atomic E-state index is 12.3. The fourth-order valence-electron chi connectivity index (χ4n) is 2.85. The number of thiazole rings is 1. The van der Waals surface area contributed by atoms with E-state index in [-0.39, 0.29) is 42.2 Å². The van der Waals surface area contributed by atoms with Gasteiger partial charge in [-0.3, -0.25) is 4.79 Å². The predicted octanol–water partition coefficient (Wildman–Crippen LogP) is 3.12. The highest BCUT2D eigenvalue weighted by Crippen LogP contribution is 2.31. The van der Waals surface area contributed by atoms with E-state index in [1.54, 1.807) is 11.3 Å². The molecule has 1 aliphatic rings. The third kappa shape index (κ3) is 5.69. The summed E-state index contributed by atoms with van der Waals surface area (Å²) in [4.78, 5) is 16.8. The molecular weight excluding hydrogens is 341 g/mol. The van der Waals surface area contributed by atoms with Crippen LogP contribution in [0.4, 0.5) is 0 Å². The number of carbonyl (C=O) groups is 1. The van der Waals surface area contributed by atoms with Gasteiger partial charge in [-0.2, -0.15) is 0 Å².